The van der Waals surface area contributed by atoms with E-state index >= 15 is 0 Å². The van der Waals surface area contributed by atoms with Crippen LogP contribution >= 0.6 is 0 Å². The lowest BCUT2D eigenvalue weighted by atomic mass is 10.0. The Balaban J connectivity index is 5.38. The third-order valence-electron chi connectivity index (χ3n) is 3.00. The SMILES string of the molecule is CC(C)CCCCC(=O)OC(CS(=O)(=O)O)(C(F)(F)F)C(F)(F)F. The molecule has 0 radical (unpaired) electrons. The second-order valence-corrected chi connectivity index (χ2v) is 7.11. The van der Waals surface area contributed by atoms with Gasteiger partial charge in [0.05, 0.1) is 0 Å². The zero-order chi connectivity index (χ0) is 19.4. The summed E-state index contributed by atoms with van der Waals surface area (Å²) in [7, 11) is -5.75. The molecule has 0 aliphatic heterocycles. The summed E-state index contributed by atoms with van der Waals surface area (Å²) in [6, 6.07) is 0. The van der Waals surface area contributed by atoms with Gasteiger partial charge in [-0.05, 0) is 12.3 Å². The van der Waals surface area contributed by atoms with E-state index in [0.29, 0.717) is 12.8 Å². The van der Waals surface area contributed by atoms with Crippen LogP contribution in [0.1, 0.15) is 39.5 Å². The molecule has 0 bridgehead atoms. The van der Waals surface area contributed by atoms with Crippen LogP contribution in [0.25, 0.3) is 0 Å². The molecular formula is C12H18F6O5S. The number of ether oxygens (including phenoxy) is 1. The van der Waals surface area contributed by atoms with Gasteiger partial charge in [-0.25, -0.2) is 0 Å². The maximum atomic E-state index is 12.9. The first-order chi connectivity index (χ1) is 10.5. The van der Waals surface area contributed by atoms with Gasteiger partial charge in [0.15, 0.2) is 0 Å². The van der Waals surface area contributed by atoms with E-state index in [-0.39, 0.29) is 12.3 Å². The van der Waals surface area contributed by atoms with Gasteiger partial charge in [-0.2, -0.15) is 34.8 Å². The Morgan fingerprint density at radius 2 is 1.50 bits per heavy atom. The van der Waals surface area contributed by atoms with Gasteiger partial charge in [-0.3, -0.25) is 9.35 Å². The van der Waals surface area contributed by atoms with Crippen molar-refractivity contribution in [3.8, 4) is 0 Å². The number of hydrogen-bond acceptors (Lipinski definition) is 4. The third-order valence-corrected chi connectivity index (χ3v) is 3.77. The van der Waals surface area contributed by atoms with Crippen LogP contribution in [0, 0.1) is 5.92 Å². The topological polar surface area (TPSA) is 80.7 Å². The Kier molecular flexibility index (Phi) is 7.55. The van der Waals surface area contributed by atoms with Crippen LogP contribution in [0.3, 0.4) is 0 Å². The lowest BCUT2D eigenvalue weighted by Gasteiger charge is -2.35. The molecule has 0 spiro atoms. The van der Waals surface area contributed by atoms with Gasteiger partial charge < -0.3 is 4.74 Å². The smallest absolute Gasteiger partial charge is 0.438 e. The molecule has 0 amide bonds. The van der Waals surface area contributed by atoms with Gasteiger partial charge in [-0.15, -0.1) is 0 Å². The predicted octanol–water partition coefficient (Wildman–Crippen LogP) is 3.50. The van der Waals surface area contributed by atoms with E-state index in [0.717, 1.165) is 0 Å². The van der Waals surface area contributed by atoms with Crippen LogP contribution in [0.15, 0.2) is 0 Å². The highest BCUT2D eigenvalue weighted by atomic mass is 32.2. The quantitative estimate of drug-likeness (QED) is 0.298. The number of unbranched alkanes of at least 4 members (excludes halogenated alkanes) is 1. The first kappa shape index (κ1) is 23.0. The van der Waals surface area contributed by atoms with E-state index < -0.39 is 46.2 Å². The van der Waals surface area contributed by atoms with E-state index in [4.69, 9.17) is 4.55 Å². The first-order valence-corrected chi connectivity index (χ1v) is 8.43. The molecule has 0 rings (SSSR count). The summed E-state index contributed by atoms with van der Waals surface area (Å²) in [5, 5.41) is 0. The number of esters is 1. The first-order valence-electron chi connectivity index (χ1n) is 6.82. The van der Waals surface area contributed by atoms with Crippen molar-refractivity contribution in [2.45, 2.75) is 57.5 Å². The van der Waals surface area contributed by atoms with E-state index in [1.165, 1.54) is 0 Å². The fourth-order valence-electron chi connectivity index (χ4n) is 1.79. The minimum atomic E-state index is -6.28. The fraction of sp³-hybridized carbons (Fsp3) is 0.917. The molecule has 0 aliphatic rings. The van der Waals surface area contributed by atoms with Crippen LogP contribution in [-0.4, -0.2) is 42.6 Å². The van der Waals surface area contributed by atoms with E-state index in [9.17, 15) is 39.6 Å². The van der Waals surface area contributed by atoms with Crippen molar-refractivity contribution in [3.05, 3.63) is 0 Å². The molecule has 0 atom stereocenters. The zero-order valence-electron chi connectivity index (χ0n) is 12.9. The van der Waals surface area contributed by atoms with Gasteiger partial charge in [-0.1, -0.05) is 26.7 Å². The van der Waals surface area contributed by atoms with Crippen molar-refractivity contribution in [2.24, 2.45) is 5.92 Å². The molecule has 0 heterocycles. The minimum absolute atomic E-state index is 0.0192. The van der Waals surface area contributed by atoms with Crippen LogP contribution in [0.4, 0.5) is 26.3 Å². The highest BCUT2D eigenvalue weighted by Gasteiger charge is 2.75. The molecule has 0 aromatic rings. The average Bonchev–Trinajstić information content (AvgIpc) is 2.29. The van der Waals surface area contributed by atoms with Gasteiger partial charge in [0.2, 0.25) is 0 Å². The summed E-state index contributed by atoms with van der Waals surface area (Å²) in [4.78, 5) is 11.4. The molecule has 1 N–H and O–H groups in total. The largest absolute Gasteiger partial charge is 0.438 e. The molecule has 0 aromatic heterocycles. The molecule has 0 fully saturated rings. The molecule has 24 heavy (non-hydrogen) atoms. The molecule has 5 nitrogen and oxygen atoms in total. The second kappa shape index (κ2) is 7.89. The Hall–Kier alpha value is -1.04. The van der Waals surface area contributed by atoms with Crippen molar-refractivity contribution in [2.75, 3.05) is 5.75 Å². The van der Waals surface area contributed by atoms with Crippen molar-refractivity contribution in [1.82, 2.24) is 0 Å². The molecule has 0 saturated carbocycles. The standard InChI is InChI=1S/C12H18F6O5S/c1-8(2)5-3-4-6-9(19)23-10(11(13,14)15,12(16,17)18)7-24(20,21)22/h8H,3-7H2,1-2H3,(H,20,21,22). The van der Waals surface area contributed by atoms with Crippen molar-refractivity contribution < 1.29 is 48.8 Å². The normalized spacial score (nSPS) is 14.1. The summed E-state index contributed by atoms with van der Waals surface area (Å²) in [6.07, 6.45) is -12.4. The summed E-state index contributed by atoms with van der Waals surface area (Å²) in [5.74, 6) is -4.48. The lowest BCUT2D eigenvalue weighted by molar-refractivity contribution is -0.361. The fourth-order valence-corrected chi connectivity index (χ4v) is 2.69. The van der Waals surface area contributed by atoms with Crippen LogP contribution < -0.4 is 0 Å². The predicted molar refractivity (Wildman–Crippen MR) is 70.7 cm³/mol. The second-order valence-electron chi connectivity index (χ2n) is 5.66. The Bertz CT molecular complexity index is 509. The summed E-state index contributed by atoms with van der Waals surface area (Å²) in [6.45, 7) is 3.67. The molecule has 144 valence electrons. The van der Waals surface area contributed by atoms with Gasteiger partial charge in [0.25, 0.3) is 10.1 Å². The number of hydrogen-bond donors (Lipinski definition) is 1. The molecule has 0 aromatic carbocycles. The van der Waals surface area contributed by atoms with Crippen molar-refractivity contribution in [3.63, 3.8) is 0 Å². The Morgan fingerprint density at radius 1 is 1.04 bits per heavy atom. The number of rotatable bonds is 8. The average molecular weight is 388 g/mol. The van der Waals surface area contributed by atoms with Crippen LogP contribution in [-0.2, 0) is 19.6 Å². The molecule has 0 unspecified atom stereocenters. The number of carbonyl (C=O) groups is 1. The maximum Gasteiger partial charge on any atom is 0.438 e. The van der Waals surface area contributed by atoms with Crippen LogP contribution in [0.5, 0.6) is 0 Å². The monoisotopic (exact) mass is 388 g/mol. The number of alkyl halides is 6. The molecule has 0 aliphatic carbocycles. The summed E-state index contributed by atoms with van der Waals surface area (Å²) in [5.41, 5.74) is -5.32. The van der Waals surface area contributed by atoms with Crippen LogP contribution in [0.2, 0.25) is 0 Å². The Labute approximate surface area is 135 Å². The molecule has 12 heteroatoms. The van der Waals surface area contributed by atoms with Gasteiger partial charge in [0, 0.05) is 6.42 Å². The molecular weight excluding hydrogens is 370 g/mol. The summed E-state index contributed by atoms with van der Waals surface area (Å²) >= 11 is 0. The van der Waals surface area contributed by atoms with E-state index in [1.807, 2.05) is 13.8 Å². The zero-order valence-corrected chi connectivity index (χ0v) is 13.7. The minimum Gasteiger partial charge on any atom is -0.438 e. The van der Waals surface area contributed by atoms with Crippen molar-refractivity contribution in [1.29, 1.82) is 0 Å². The van der Waals surface area contributed by atoms with Gasteiger partial charge in [0.1, 0.15) is 5.75 Å². The molecule has 0 saturated heterocycles. The number of halogens is 6. The number of carbonyl (C=O) groups excluding carboxylic acids is 1. The van der Waals surface area contributed by atoms with E-state index in [2.05, 4.69) is 4.74 Å². The highest BCUT2D eigenvalue weighted by molar-refractivity contribution is 7.85. The highest BCUT2D eigenvalue weighted by Crippen LogP contribution is 2.47. The van der Waals surface area contributed by atoms with Crippen molar-refractivity contribution >= 4 is 16.1 Å². The van der Waals surface area contributed by atoms with E-state index in [1.54, 1.807) is 0 Å². The van der Waals surface area contributed by atoms with Gasteiger partial charge >= 0.3 is 23.9 Å². The third kappa shape index (κ3) is 6.83. The lowest BCUT2D eigenvalue weighted by Crippen LogP contribution is -2.63. The summed E-state index contributed by atoms with van der Waals surface area (Å²) < 4.78 is 111. The maximum absolute atomic E-state index is 12.9. The Morgan fingerprint density at radius 3 is 1.83 bits per heavy atom.